The van der Waals surface area contributed by atoms with Crippen molar-refractivity contribution in [3.63, 3.8) is 0 Å². The molecule has 6 nitrogen and oxygen atoms in total. The van der Waals surface area contributed by atoms with Gasteiger partial charge in [0.15, 0.2) is 11.6 Å². The number of anilines is 2. The van der Waals surface area contributed by atoms with Crippen molar-refractivity contribution in [3.8, 4) is 5.75 Å². The van der Waals surface area contributed by atoms with E-state index in [9.17, 15) is 13.2 Å². The molecule has 0 saturated carbocycles. The molecule has 2 aliphatic rings. The Morgan fingerprint density at radius 2 is 1.86 bits per heavy atom. The highest BCUT2D eigenvalue weighted by molar-refractivity contribution is 5.53. The van der Waals surface area contributed by atoms with Crippen LogP contribution in [0.5, 0.6) is 5.75 Å². The van der Waals surface area contributed by atoms with Gasteiger partial charge in [0.25, 0.3) is 0 Å². The van der Waals surface area contributed by atoms with Crippen molar-refractivity contribution in [1.29, 1.82) is 0 Å². The van der Waals surface area contributed by atoms with Crippen molar-refractivity contribution in [3.05, 3.63) is 48.2 Å². The number of halogens is 3. The third kappa shape index (κ3) is 4.15. The highest BCUT2D eigenvalue weighted by Crippen LogP contribution is 2.32. The van der Waals surface area contributed by atoms with Crippen molar-refractivity contribution in [2.75, 3.05) is 55.7 Å². The van der Waals surface area contributed by atoms with Crippen LogP contribution < -0.4 is 20.1 Å². The van der Waals surface area contributed by atoms with Gasteiger partial charge in [-0.1, -0.05) is 6.07 Å². The van der Waals surface area contributed by atoms with E-state index in [2.05, 4.69) is 20.3 Å². The average Bonchev–Trinajstić information content (AvgIpc) is 2.72. The van der Waals surface area contributed by atoms with Gasteiger partial charge in [-0.05, 0) is 30.3 Å². The van der Waals surface area contributed by atoms with Crippen LogP contribution in [0.2, 0.25) is 0 Å². The maximum atomic E-state index is 12.9. The van der Waals surface area contributed by atoms with Crippen LogP contribution in [-0.4, -0.2) is 55.8 Å². The Labute approximate surface area is 161 Å². The molecule has 0 bridgehead atoms. The summed E-state index contributed by atoms with van der Waals surface area (Å²) in [6, 6.07) is 9.26. The zero-order valence-electron chi connectivity index (χ0n) is 15.3. The normalized spacial score (nSPS) is 18.0. The van der Waals surface area contributed by atoms with Crippen LogP contribution in [-0.2, 0) is 6.18 Å². The number of alkyl halides is 3. The molecule has 1 aromatic carbocycles. The van der Waals surface area contributed by atoms with E-state index in [-0.39, 0.29) is 0 Å². The van der Waals surface area contributed by atoms with E-state index in [0.717, 1.165) is 38.1 Å². The highest BCUT2D eigenvalue weighted by Gasteiger charge is 2.31. The van der Waals surface area contributed by atoms with Gasteiger partial charge in [0, 0.05) is 51.2 Å². The highest BCUT2D eigenvalue weighted by atomic mass is 19.4. The largest absolute Gasteiger partial charge is 0.416 e. The summed E-state index contributed by atoms with van der Waals surface area (Å²) < 4.78 is 38.8. The topological polar surface area (TPSA) is 43.9 Å². The lowest BCUT2D eigenvalue weighted by molar-refractivity contribution is -0.137. The first-order chi connectivity index (χ1) is 13.5. The predicted molar refractivity (Wildman–Crippen MR) is 100 cm³/mol. The zero-order valence-corrected chi connectivity index (χ0v) is 15.3. The summed E-state index contributed by atoms with van der Waals surface area (Å²) in [6.07, 6.45) is -2.57. The fourth-order valence-corrected chi connectivity index (χ4v) is 3.52. The van der Waals surface area contributed by atoms with Gasteiger partial charge in [-0.15, -0.1) is 5.48 Å². The SMILES string of the molecule is FC(F)(F)c1cccc(N2CCN(CCN3CNOc4cccnc43)CC2)c1. The first kappa shape index (κ1) is 18.8. The molecule has 3 heterocycles. The maximum Gasteiger partial charge on any atom is 0.416 e. The molecular formula is C19H22F3N5O. The molecule has 150 valence electrons. The lowest BCUT2D eigenvalue weighted by atomic mass is 10.1. The van der Waals surface area contributed by atoms with Gasteiger partial charge in [0.1, 0.15) is 6.67 Å². The van der Waals surface area contributed by atoms with Crippen molar-refractivity contribution in [1.82, 2.24) is 15.4 Å². The number of fused-ring (bicyclic) bond motifs is 1. The van der Waals surface area contributed by atoms with Crippen molar-refractivity contribution < 1.29 is 18.0 Å². The number of aromatic nitrogens is 1. The second-order valence-electron chi connectivity index (χ2n) is 6.87. The summed E-state index contributed by atoms with van der Waals surface area (Å²) in [7, 11) is 0. The van der Waals surface area contributed by atoms with E-state index < -0.39 is 11.7 Å². The lowest BCUT2D eigenvalue weighted by Gasteiger charge is -2.38. The first-order valence-electron chi connectivity index (χ1n) is 9.25. The second kappa shape index (κ2) is 7.84. The Morgan fingerprint density at radius 1 is 1.04 bits per heavy atom. The monoisotopic (exact) mass is 393 g/mol. The Balaban J connectivity index is 1.31. The number of piperazine rings is 1. The van der Waals surface area contributed by atoms with E-state index in [1.165, 1.54) is 12.1 Å². The van der Waals surface area contributed by atoms with Gasteiger partial charge in [0.2, 0.25) is 0 Å². The number of hydroxylamine groups is 1. The van der Waals surface area contributed by atoms with E-state index in [4.69, 9.17) is 4.84 Å². The Hall–Kier alpha value is -2.52. The number of nitrogens with one attached hydrogen (secondary N) is 1. The van der Waals surface area contributed by atoms with E-state index in [0.29, 0.717) is 31.2 Å². The third-order valence-electron chi connectivity index (χ3n) is 5.09. The van der Waals surface area contributed by atoms with Gasteiger partial charge in [-0.2, -0.15) is 13.2 Å². The van der Waals surface area contributed by atoms with Crippen LogP contribution >= 0.6 is 0 Å². The van der Waals surface area contributed by atoms with E-state index >= 15 is 0 Å². The average molecular weight is 393 g/mol. The van der Waals surface area contributed by atoms with Crippen LogP contribution in [0.25, 0.3) is 0 Å². The van der Waals surface area contributed by atoms with Gasteiger partial charge < -0.3 is 14.6 Å². The number of hydrogen-bond donors (Lipinski definition) is 1. The molecule has 0 amide bonds. The first-order valence-corrected chi connectivity index (χ1v) is 9.25. The molecule has 9 heteroatoms. The minimum atomic E-state index is -4.31. The molecule has 0 spiro atoms. The minimum Gasteiger partial charge on any atom is -0.403 e. The Kier molecular flexibility index (Phi) is 5.27. The van der Waals surface area contributed by atoms with Crippen molar-refractivity contribution >= 4 is 11.5 Å². The van der Waals surface area contributed by atoms with Gasteiger partial charge in [-0.25, -0.2) is 4.98 Å². The van der Waals surface area contributed by atoms with Gasteiger partial charge in [0.05, 0.1) is 5.56 Å². The number of hydrogen-bond acceptors (Lipinski definition) is 6. The number of benzene rings is 1. The smallest absolute Gasteiger partial charge is 0.403 e. The summed E-state index contributed by atoms with van der Waals surface area (Å²) in [5, 5.41) is 0. The van der Waals surface area contributed by atoms with Crippen LogP contribution in [0, 0.1) is 0 Å². The zero-order chi connectivity index (χ0) is 19.6. The molecule has 1 fully saturated rings. The minimum absolute atomic E-state index is 0.564. The second-order valence-corrected chi connectivity index (χ2v) is 6.87. The fourth-order valence-electron chi connectivity index (χ4n) is 3.52. The molecule has 0 radical (unpaired) electrons. The molecule has 0 atom stereocenters. The number of nitrogens with zero attached hydrogens (tertiary/aromatic N) is 4. The molecule has 1 saturated heterocycles. The van der Waals surface area contributed by atoms with Crippen molar-refractivity contribution in [2.45, 2.75) is 6.18 Å². The molecule has 2 aromatic rings. The quantitative estimate of drug-likeness (QED) is 0.862. The molecule has 28 heavy (non-hydrogen) atoms. The Bertz CT molecular complexity index is 808. The van der Waals surface area contributed by atoms with Crippen LogP contribution in [0.15, 0.2) is 42.6 Å². The van der Waals surface area contributed by atoms with Crippen LogP contribution in [0.4, 0.5) is 24.7 Å². The summed E-state index contributed by atoms with van der Waals surface area (Å²) in [6.45, 7) is 5.24. The summed E-state index contributed by atoms with van der Waals surface area (Å²) >= 11 is 0. The van der Waals surface area contributed by atoms with Gasteiger partial charge >= 0.3 is 6.18 Å². The summed E-state index contributed by atoms with van der Waals surface area (Å²) in [5.74, 6) is 1.53. The number of rotatable bonds is 4. The molecule has 1 aromatic heterocycles. The van der Waals surface area contributed by atoms with Crippen LogP contribution in [0.3, 0.4) is 0 Å². The molecule has 1 N–H and O–H groups in total. The standard InChI is InChI=1S/C19H22F3N5O/c20-19(21,22)15-3-1-4-16(13-15)26-10-7-25(8-11-26)9-12-27-14-24-28-17-5-2-6-23-18(17)27/h1-6,13,24H,7-12,14H2. The summed E-state index contributed by atoms with van der Waals surface area (Å²) in [4.78, 5) is 16.2. The Morgan fingerprint density at radius 3 is 2.64 bits per heavy atom. The molecule has 2 aliphatic heterocycles. The molecular weight excluding hydrogens is 371 g/mol. The number of pyridine rings is 1. The fraction of sp³-hybridized carbons (Fsp3) is 0.421. The lowest BCUT2D eigenvalue weighted by Crippen LogP contribution is -2.50. The van der Waals surface area contributed by atoms with Crippen LogP contribution in [0.1, 0.15) is 5.56 Å². The third-order valence-corrected chi connectivity index (χ3v) is 5.09. The van der Waals surface area contributed by atoms with Gasteiger partial charge in [-0.3, -0.25) is 4.90 Å². The van der Waals surface area contributed by atoms with E-state index in [1.54, 1.807) is 12.3 Å². The maximum absolute atomic E-state index is 12.9. The summed E-state index contributed by atoms with van der Waals surface area (Å²) in [5.41, 5.74) is 2.92. The molecule has 0 aliphatic carbocycles. The van der Waals surface area contributed by atoms with E-state index in [1.807, 2.05) is 17.0 Å². The molecule has 4 rings (SSSR count). The predicted octanol–water partition coefficient (Wildman–Crippen LogP) is 2.58. The molecule has 0 unspecified atom stereocenters. The van der Waals surface area contributed by atoms with Crippen molar-refractivity contribution in [2.24, 2.45) is 0 Å².